The molecule has 0 bridgehead atoms. The van der Waals surface area contributed by atoms with E-state index in [2.05, 4.69) is 9.72 Å². The summed E-state index contributed by atoms with van der Waals surface area (Å²) in [6, 6.07) is 6.84. The summed E-state index contributed by atoms with van der Waals surface area (Å²) < 4.78 is 40.6. The molecule has 0 aliphatic rings. The molecular formula is C12H8F3NO3. The van der Waals surface area contributed by atoms with E-state index >= 15 is 0 Å². The lowest BCUT2D eigenvalue weighted by Crippen LogP contribution is -2.19. The van der Waals surface area contributed by atoms with E-state index < -0.39 is 18.8 Å². The van der Waals surface area contributed by atoms with Crippen LogP contribution in [0.1, 0.15) is 10.5 Å². The topological polar surface area (TPSA) is 59.4 Å². The van der Waals surface area contributed by atoms with Gasteiger partial charge >= 0.3 is 12.1 Å². The summed E-state index contributed by atoms with van der Waals surface area (Å²) in [7, 11) is 0. The summed E-state index contributed by atoms with van der Waals surface area (Å²) in [5.74, 6) is -1.12. The molecule has 0 radical (unpaired) electrons. The monoisotopic (exact) mass is 271 g/mol. The summed E-state index contributed by atoms with van der Waals surface area (Å²) in [5, 5.41) is 9.26. The zero-order chi connectivity index (χ0) is 14.0. The molecule has 0 atom stereocenters. The van der Waals surface area contributed by atoms with Crippen LogP contribution in [0, 0.1) is 0 Å². The maximum Gasteiger partial charge on any atom is 0.422 e. The van der Waals surface area contributed by atoms with Gasteiger partial charge in [-0.3, -0.25) is 0 Å². The number of aromatic nitrogens is 1. The highest BCUT2D eigenvalue weighted by molar-refractivity contribution is 5.90. The second kappa shape index (κ2) is 4.75. The van der Waals surface area contributed by atoms with Crippen molar-refractivity contribution in [3.05, 3.63) is 36.0 Å². The number of hydrogen-bond acceptors (Lipinski definition) is 3. The van der Waals surface area contributed by atoms with Gasteiger partial charge in [0.05, 0.1) is 5.52 Å². The molecule has 0 unspecified atom stereocenters. The first-order chi connectivity index (χ1) is 8.85. The molecule has 0 saturated carbocycles. The van der Waals surface area contributed by atoms with Crippen molar-refractivity contribution in [3.63, 3.8) is 0 Å². The van der Waals surface area contributed by atoms with E-state index in [1.54, 1.807) is 0 Å². The Labute approximate surface area is 105 Å². The van der Waals surface area contributed by atoms with Gasteiger partial charge in [-0.15, -0.1) is 0 Å². The number of hydrogen-bond donors (Lipinski definition) is 1. The van der Waals surface area contributed by atoms with Crippen molar-refractivity contribution in [1.82, 2.24) is 4.98 Å². The van der Waals surface area contributed by atoms with E-state index in [1.807, 2.05) is 0 Å². The van der Waals surface area contributed by atoms with Crippen LogP contribution < -0.4 is 4.74 Å². The Morgan fingerprint density at radius 3 is 2.63 bits per heavy atom. The Kier molecular flexibility index (Phi) is 3.28. The lowest BCUT2D eigenvalue weighted by molar-refractivity contribution is -0.153. The van der Waals surface area contributed by atoms with Crippen LogP contribution >= 0.6 is 0 Å². The highest BCUT2D eigenvalue weighted by Gasteiger charge is 2.28. The summed E-state index contributed by atoms with van der Waals surface area (Å²) >= 11 is 0. The molecule has 1 aromatic carbocycles. The van der Waals surface area contributed by atoms with Gasteiger partial charge in [0.2, 0.25) is 0 Å². The van der Waals surface area contributed by atoms with Crippen molar-refractivity contribution in [1.29, 1.82) is 0 Å². The average Bonchev–Trinajstić information content (AvgIpc) is 2.34. The maximum absolute atomic E-state index is 12.0. The number of pyridine rings is 1. The van der Waals surface area contributed by atoms with Crippen LogP contribution in [-0.2, 0) is 0 Å². The average molecular weight is 271 g/mol. The number of alkyl halides is 3. The smallest absolute Gasteiger partial charge is 0.422 e. The fourth-order valence-corrected chi connectivity index (χ4v) is 1.48. The summed E-state index contributed by atoms with van der Waals surface area (Å²) in [6.07, 6.45) is -4.40. The molecule has 100 valence electrons. The maximum atomic E-state index is 12.0. The van der Waals surface area contributed by atoms with Crippen molar-refractivity contribution in [3.8, 4) is 5.75 Å². The normalized spacial score (nSPS) is 11.5. The first-order valence-corrected chi connectivity index (χ1v) is 5.19. The van der Waals surface area contributed by atoms with Crippen molar-refractivity contribution in [2.45, 2.75) is 6.18 Å². The van der Waals surface area contributed by atoms with E-state index in [-0.39, 0.29) is 11.4 Å². The number of carboxylic acids is 1. The molecule has 0 aliphatic carbocycles. The number of ether oxygens (including phenoxy) is 1. The zero-order valence-corrected chi connectivity index (χ0v) is 9.44. The van der Waals surface area contributed by atoms with Gasteiger partial charge in [0.15, 0.2) is 6.61 Å². The number of carboxylic acid groups (broad SMARTS) is 1. The second-order valence-corrected chi connectivity index (χ2v) is 3.76. The van der Waals surface area contributed by atoms with Gasteiger partial charge in [-0.1, -0.05) is 6.07 Å². The Morgan fingerprint density at radius 1 is 1.26 bits per heavy atom. The van der Waals surface area contributed by atoms with E-state index in [9.17, 15) is 18.0 Å². The molecule has 0 spiro atoms. The highest BCUT2D eigenvalue weighted by Crippen LogP contribution is 2.22. The number of benzene rings is 1. The van der Waals surface area contributed by atoms with E-state index in [0.717, 1.165) is 0 Å². The van der Waals surface area contributed by atoms with Crippen molar-refractivity contribution < 1.29 is 27.8 Å². The third kappa shape index (κ3) is 3.34. The number of halogens is 3. The molecule has 2 rings (SSSR count). The number of fused-ring (bicyclic) bond motifs is 1. The van der Waals surface area contributed by atoms with E-state index in [4.69, 9.17) is 5.11 Å². The van der Waals surface area contributed by atoms with Crippen LogP contribution in [0.2, 0.25) is 0 Å². The van der Waals surface area contributed by atoms with E-state index in [1.165, 1.54) is 30.3 Å². The molecular weight excluding hydrogens is 263 g/mol. The van der Waals surface area contributed by atoms with Crippen LogP contribution in [0.3, 0.4) is 0 Å². The molecule has 1 aromatic heterocycles. The van der Waals surface area contributed by atoms with Crippen molar-refractivity contribution >= 4 is 16.9 Å². The SMILES string of the molecule is O=C(O)c1ccc2cc(OCC(F)(F)F)ccc2n1. The summed E-state index contributed by atoms with van der Waals surface area (Å²) in [5.41, 5.74) is 0.246. The van der Waals surface area contributed by atoms with Gasteiger partial charge in [-0.25, -0.2) is 9.78 Å². The predicted octanol–water partition coefficient (Wildman–Crippen LogP) is 2.87. The fraction of sp³-hybridized carbons (Fsp3) is 0.167. The fourth-order valence-electron chi connectivity index (χ4n) is 1.48. The Hall–Kier alpha value is -2.31. The van der Waals surface area contributed by atoms with Crippen molar-refractivity contribution in [2.75, 3.05) is 6.61 Å². The van der Waals surface area contributed by atoms with Crippen LogP contribution in [0.5, 0.6) is 5.75 Å². The molecule has 4 nitrogen and oxygen atoms in total. The Morgan fingerprint density at radius 2 is 2.00 bits per heavy atom. The third-order valence-corrected chi connectivity index (χ3v) is 2.28. The van der Waals surface area contributed by atoms with Crippen LogP contribution in [0.15, 0.2) is 30.3 Å². The first-order valence-electron chi connectivity index (χ1n) is 5.19. The van der Waals surface area contributed by atoms with Crippen LogP contribution in [0.4, 0.5) is 13.2 Å². The number of aromatic carboxylic acids is 1. The van der Waals surface area contributed by atoms with Crippen LogP contribution in [-0.4, -0.2) is 28.8 Å². The number of rotatable bonds is 3. The van der Waals surface area contributed by atoms with E-state index in [0.29, 0.717) is 10.9 Å². The van der Waals surface area contributed by atoms with Gasteiger partial charge in [-0.05, 0) is 24.3 Å². The highest BCUT2D eigenvalue weighted by atomic mass is 19.4. The predicted molar refractivity (Wildman–Crippen MR) is 60.3 cm³/mol. The Balaban J connectivity index is 2.26. The molecule has 7 heteroatoms. The standard InChI is InChI=1S/C12H8F3NO3/c13-12(14,15)6-19-8-2-4-9-7(5-8)1-3-10(16-9)11(17)18/h1-5H,6H2,(H,17,18). The minimum absolute atomic E-state index is 0.0506. The Bertz CT molecular complexity index is 625. The minimum atomic E-state index is -4.40. The molecule has 19 heavy (non-hydrogen) atoms. The second-order valence-electron chi connectivity index (χ2n) is 3.76. The molecule has 2 aromatic rings. The van der Waals surface area contributed by atoms with Gasteiger partial charge < -0.3 is 9.84 Å². The lowest BCUT2D eigenvalue weighted by atomic mass is 10.2. The molecule has 0 aliphatic heterocycles. The lowest BCUT2D eigenvalue weighted by Gasteiger charge is -2.09. The molecule has 1 N–H and O–H groups in total. The van der Waals surface area contributed by atoms with Crippen LogP contribution in [0.25, 0.3) is 10.9 Å². The van der Waals surface area contributed by atoms with Gasteiger partial charge in [-0.2, -0.15) is 13.2 Å². The molecule has 0 saturated heterocycles. The number of carbonyl (C=O) groups is 1. The van der Waals surface area contributed by atoms with Gasteiger partial charge in [0.1, 0.15) is 11.4 Å². The van der Waals surface area contributed by atoms with Crippen molar-refractivity contribution in [2.24, 2.45) is 0 Å². The summed E-state index contributed by atoms with van der Waals surface area (Å²) in [4.78, 5) is 14.6. The first kappa shape index (κ1) is 13.1. The quantitative estimate of drug-likeness (QED) is 0.932. The number of nitrogens with zero attached hydrogens (tertiary/aromatic N) is 1. The van der Waals surface area contributed by atoms with Gasteiger partial charge in [0.25, 0.3) is 0 Å². The molecule has 1 heterocycles. The molecule has 0 fully saturated rings. The third-order valence-electron chi connectivity index (χ3n) is 2.28. The van der Waals surface area contributed by atoms with Gasteiger partial charge in [0, 0.05) is 5.39 Å². The minimum Gasteiger partial charge on any atom is -0.484 e. The molecule has 0 amide bonds. The zero-order valence-electron chi connectivity index (χ0n) is 9.44. The summed E-state index contributed by atoms with van der Waals surface area (Å²) in [6.45, 7) is -1.38. The largest absolute Gasteiger partial charge is 0.484 e.